The minimum Gasteiger partial charge on any atom is -0.456 e. The van der Waals surface area contributed by atoms with Crippen LogP contribution in [0, 0.1) is 0 Å². The summed E-state index contributed by atoms with van der Waals surface area (Å²) >= 11 is 1.84. The molecular weight excluding hydrogens is 655 g/mol. The molecule has 3 aromatic heterocycles. The lowest BCUT2D eigenvalue weighted by molar-refractivity contribution is 0.669. The maximum absolute atomic E-state index is 6.77. The summed E-state index contributed by atoms with van der Waals surface area (Å²) in [6.45, 7) is 0. The van der Waals surface area contributed by atoms with Gasteiger partial charge in [0.05, 0.1) is 16.8 Å². The van der Waals surface area contributed by atoms with Crippen molar-refractivity contribution in [3.8, 4) is 22.3 Å². The zero-order valence-electron chi connectivity index (χ0n) is 27.9. The van der Waals surface area contributed by atoms with Crippen molar-refractivity contribution in [2.45, 2.75) is 0 Å². The van der Waals surface area contributed by atoms with Crippen LogP contribution in [0.25, 0.3) is 86.3 Å². The van der Waals surface area contributed by atoms with Crippen molar-refractivity contribution in [3.05, 3.63) is 176 Å². The van der Waals surface area contributed by atoms with Gasteiger partial charge in [-0.25, -0.2) is 0 Å². The normalized spacial score (nSPS) is 11.8. The van der Waals surface area contributed by atoms with Crippen molar-refractivity contribution in [2.75, 3.05) is 4.90 Å². The molecule has 52 heavy (non-hydrogen) atoms. The zero-order valence-corrected chi connectivity index (χ0v) is 28.7. The molecule has 0 saturated heterocycles. The summed E-state index contributed by atoms with van der Waals surface area (Å²) in [7, 11) is 0. The summed E-state index contributed by atoms with van der Waals surface area (Å²) in [4.78, 5) is 2.43. The molecule has 3 nitrogen and oxygen atoms in total. The number of furan rings is 2. The van der Waals surface area contributed by atoms with E-state index < -0.39 is 0 Å². The molecule has 0 bridgehead atoms. The summed E-state index contributed by atoms with van der Waals surface area (Å²) in [6, 6.07) is 62.4. The molecule has 11 rings (SSSR count). The van der Waals surface area contributed by atoms with Gasteiger partial charge in [-0.1, -0.05) is 109 Å². The van der Waals surface area contributed by atoms with Crippen LogP contribution in [0.5, 0.6) is 0 Å². The third-order valence-electron chi connectivity index (χ3n) is 10.3. The topological polar surface area (TPSA) is 29.5 Å². The average Bonchev–Trinajstić information content (AvgIpc) is 3.90. The van der Waals surface area contributed by atoms with Gasteiger partial charge < -0.3 is 13.7 Å². The largest absolute Gasteiger partial charge is 0.456 e. The highest BCUT2D eigenvalue weighted by Gasteiger charge is 2.25. The lowest BCUT2D eigenvalue weighted by Crippen LogP contribution is -2.11. The van der Waals surface area contributed by atoms with Crippen LogP contribution in [0.15, 0.2) is 185 Å². The van der Waals surface area contributed by atoms with Crippen molar-refractivity contribution in [3.63, 3.8) is 0 Å². The Balaban J connectivity index is 1.21. The Bertz CT molecular complexity index is 3130. The van der Waals surface area contributed by atoms with Gasteiger partial charge >= 0.3 is 0 Å². The fourth-order valence-corrected chi connectivity index (χ4v) is 9.03. The molecule has 0 unspecified atom stereocenters. The molecule has 0 saturated carbocycles. The molecule has 0 fully saturated rings. The number of nitrogens with zero attached hydrogens (tertiary/aromatic N) is 1. The molecule has 0 aliphatic heterocycles. The Kier molecular flexibility index (Phi) is 6.42. The summed E-state index contributed by atoms with van der Waals surface area (Å²) in [5.74, 6) is 0. The van der Waals surface area contributed by atoms with Crippen LogP contribution in [0.2, 0.25) is 0 Å². The molecule has 0 aliphatic rings. The molecule has 3 heterocycles. The first-order valence-electron chi connectivity index (χ1n) is 17.5. The molecule has 244 valence electrons. The van der Waals surface area contributed by atoms with Crippen molar-refractivity contribution < 1.29 is 8.83 Å². The van der Waals surface area contributed by atoms with Gasteiger partial charge in [0.15, 0.2) is 0 Å². The van der Waals surface area contributed by atoms with E-state index in [1.165, 1.54) is 25.7 Å². The monoisotopic (exact) mass is 683 g/mol. The number of hydrogen-bond donors (Lipinski definition) is 0. The van der Waals surface area contributed by atoms with E-state index >= 15 is 0 Å². The molecule has 0 amide bonds. The first-order chi connectivity index (χ1) is 25.8. The summed E-state index contributed by atoms with van der Waals surface area (Å²) in [6.07, 6.45) is 0. The summed E-state index contributed by atoms with van der Waals surface area (Å²) < 4.78 is 15.8. The van der Waals surface area contributed by atoms with Crippen LogP contribution in [-0.2, 0) is 0 Å². The van der Waals surface area contributed by atoms with Crippen LogP contribution in [0.1, 0.15) is 0 Å². The fraction of sp³-hybridized carbons (Fsp3) is 0. The average molecular weight is 684 g/mol. The molecular formula is C48H29NO2S. The van der Waals surface area contributed by atoms with E-state index in [0.717, 1.165) is 77.6 Å². The van der Waals surface area contributed by atoms with Crippen LogP contribution >= 0.6 is 11.3 Å². The van der Waals surface area contributed by atoms with Crippen molar-refractivity contribution in [1.29, 1.82) is 0 Å². The molecule has 0 aliphatic carbocycles. The Hall–Kier alpha value is -6.62. The third kappa shape index (κ3) is 4.45. The van der Waals surface area contributed by atoms with E-state index in [9.17, 15) is 0 Å². The lowest BCUT2D eigenvalue weighted by Gasteiger charge is -2.27. The highest BCUT2D eigenvalue weighted by Crippen LogP contribution is 2.50. The highest BCUT2D eigenvalue weighted by molar-refractivity contribution is 7.26. The van der Waals surface area contributed by atoms with E-state index in [2.05, 4.69) is 169 Å². The van der Waals surface area contributed by atoms with Crippen LogP contribution in [0.4, 0.5) is 17.1 Å². The number of fused-ring (bicyclic) bond motifs is 9. The second-order valence-corrected chi connectivity index (χ2v) is 14.3. The predicted octanol–water partition coefficient (Wildman–Crippen LogP) is 14.7. The first kappa shape index (κ1) is 29.1. The molecule has 11 aromatic rings. The third-order valence-corrected chi connectivity index (χ3v) is 11.4. The SMILES string of the molecule is c1ccc(-c2ccc3c(c2)oc2ccc(N(c4cccc5sc6ccccc6c45)c4ccc(-c5ccccc5)c5oc6ccccc6c45)cc23)cc1. The first-order valence-corrected chi connectivity index (χ1v) is 18.3. The minimum atomic E-state index is 0.862. The van der Waals surface area contributed by atoms with E-state index in [-0.39, 0.29) is 0 Å². The second kappa shape index (κ2) is 11.5. The summed E-state index contributed by atoms with van der Waals surface area (Å²) in [5, 5.41) is 6.82. The Morgan fingerprint density at radius 3 is 1.96 bits per heavy atom. The number of rotatable bonds is 5. The number of hydrogen-bond acceptors (Lipinski definition) is 4. The second-order valence-electron chi connectivity index (χ2n) is 13.2. The van der Waals surface area contributed by atoms with E-state index in [0.29, 0.717) is 0 Å². The Morgan fingerprint density at radius 2 is 1.10 bits per heavy atom. The van der Waals surface area contributed by atoms with E-state index in [4.69, 9.17) is 8.83 Å². The molecule has 0 radical (unpaired) electrons. The quantitative estimate of drug-likeness (QED) is 0.181. The van der Waals surface area contributed by atoms with Gasteiger partial charge in [0.2, 0.25) is 0 Å². The van der Waals surface area contributed by atoms with Crippen molar-refractivity contribution in [1.82, 2.24) is 0 Å². The standard InChI is InChI=1S/C48H29NO2S/c1-3-12-30(13-4-1)32-22-24-35-38-29-33(23-27-42(38)50-43(35)28-32)49(39-18-11-21-45-46(39)37-17-8-10-20-44(37)52-45)40-26-25-34(31-14-5-2-6-15-31)48-47(40)36-16-7-9-19-41(36)51-48/h1-29H. The van der Waals surface area contributed by atoms with Crippen LogP contribution < -0.4 is 4.90 Å². The van der Waals surface area contributed by atoms with Gasteiger partial charge in [-0.2, -0.15) is 0 Å². The highest BCUT2D eigenvalue weighted by atomic mass is 32.1. The number of benzene rings is 8. The smallest absolute Gasteiger partial charge is 0.145 e. The van der Waals surface area contributed by atoms with Crippen molar-refractivity contribution in [2.24, 2.45) is 0 Å². The van der Waals surface area contributed by atoms with Crippen LogP contribution in [0.3, 0.4) is 0 Å². The molecule has 8 aromatic carbocycles. The number of anilines is 3. The van der Waals surface area contributed by atoms with Gasteiger partial charge in [0.1, 0.15) is 22.3 Å². The van der Waals surface area contributed by atoms with Gasteiger partial charge in [-0.15, -0.1) is 11.3 Å². The minimum absolute atomic E-state index is 0.862. The summed E-state index contributed by atoms with van der Waals surface area (Å²) in [5.41, 5.74) is 11.2. The van der Waals surface area contributed by atoms with Gasteiger partial charge in [0, 0.05) is 47.6 Å². The van der Waals surface area contributed by atoms with Gasteiger partial charge in [0.25, 0.3) is 0 Å². The van der Waals surface area contributed by atoms with Gasteiger partial charge in [-0.05, 0) is 83.4 Å². The zero-order chi connectivity index (χ0) is 34.2. The van der Waals surface area contributed by atoms with Gasteiger partial charge in [-0.3, -0.25) is 0 Å². The molecule has 0 atom stereocenters. The van der Waals surface area contributed by atoms with E-state index in [1.807, 2.05) is 23.5 Å². The molecule has 0 N–H and O–H groups in total. The van der Waals surface area contributed by atoms with E-state index in [1.54, 1.807) is 0 Å². The predicted molar refractivity (Wildman–Crippen MR) is 219 cm³/mol. The molecule has 4 heteroatoms. The maximum atomic E-state index is 6.77. The Labute approximate surface area is 303 Å². The fourth-order valence-electron chi connectivity index (χ4n) is 7.91. The molecule has 0 spiro atoms. The van der Waals surface area contributed by atoms with Crippen LogP contribution in [-0.4, -0.2) is 0 Å². The number of para-hydroxylation sites is 1. The maximum Gasteiger partial charge on any atom is 0.145 e. The Morgan fingerprint density at radius 1 is 0.385 bits per heavy atom. The number of thiophene rings is 1. The van der Waals surface area contributed by atoms with Crippen molar-refractivity contribution >= 4 is 92.4 Å². The lowest BCUT2D eigenvalue weighted by atomic mass is 9.99.